The van der Waals surface area contributed by atoms with Crippen LogP contribution in [0.5, 0.6) is 0 Å². The third-order valence-corrected chi connectivity index (χ3v) is 3.97. The van der Waals surface area contributed by atoms with Gasteiger partial charge in [0.1, 0.15) is 5.76 Å². The van der Waals surface area contributed by atoms with E-state index in [-0.39, 0.29) is 5.78 Å². The summed E-state index contributed by atoms with van der Waals surface area (Å²) >= 11 is 3.60. The minimum Gasteiger partial charge on any atom is -0.458 e. The van der Waals surface area contributed by atoms with Crippen LogP contribution >= 0.6 is 33.9 Å². The Kier molecular flexibility index (Phi) is 2.73. The van der Waals surface area contributed by atoms with Crippen molar-refractivity contribution in [2.45, 2.75) is 6.92 Å². The van der Waals surface area contributed by atoms with Crippen LogP contribution in [0.25, 0.3) is 0 Å². The van der Waals surface area contributed by atoms with Crippen LogP contribution in [0, 0.1) is 10.5 Å². The molecule has 0 radical (unpaired) electrons. The number of aryl methyl sites for hydroxylation is 1. The fraction of sp³-hybridized carbons (Fsp3) is 0.100. The van der Waals surface area contributed by atoms with Crippen LogP contribution < -0.4 is 0 Å². The lowest BCUT2D eigenvalue weighted by molar-refractivity contribution is 0.101. The molecule has 2 nitrogen and oxygen atoms in total. The van der Waals surface area contributed by atoms with Crippen LogP contribution in [-0.2, 0) is 0 Å². The summed E-state index contributed by atoms with van der Waals surface area (Å²) in [7, 11) is 0. The number of thiophene rings is 1. The second-order valence-corrected chi connectivity index (χ2v) is 4.92. The second kappa shape index (κ2) is 3.86. The first kappa shape index (κ1) is 9.92. The summed E-state index contributed by atoms with van der Waals surface area (Å²) in [6.07, 6.45) is 0. The van der Waals surface area contributed by atoms with Gasteiger partial charge in [0.25, 0.3) is 0 Å². The van der Waals surface area contributed by atoms with Gasteiger partial charge < -0.3 is 4.42 Å². The zero-order chi connectivity index (χ0) is 10.1. The molecule has 0 aliphatic carbocycles. The van der Waals surface area contributed by atoms with E-state index in [1.165, 1.54) is 11.3 Å². The van der Waals surface area contributed by atoms with Crippen molar-refractivity contribution in [3.8, 4) is 0 Å². The molecule has 2 aromatic heterocycles. The van der Waals surface area contributed by atoms with E-state index >= 15 is 0 Å². The highest BCUT2D eigenvalue weighted by atomic mass is 127. The molecule has 0 aliphatic rings. The Morgan fingerprint density at radius 2 is 2.21 bits per heavy atom. The highest BCUT2D eigenvalue weighted by Gasteiger charge is 2.16. The van der Waals surface area contributed by atoms with Crippen molar-refractivity contribution < 1.29 is 9.21 Å². The lowest BCUT2D eigenvalue weighted by atomic mass is 10.2. The van der Waals surface area contributed by atoms with Crippen LogP contribution in [-0.4, -0.2) is 5.78 Å². The van der Waals surface area contributed by atoms with Gasteiger partial charge in [0, 0.05) is 3.57 Å². The van der Waals surface area contributed by atoms with Gasteiger partial charge >= 0.3 is 0 Å². The van der Waals surface area contributed by atoms with Gasteiger partial charge in [-0.05, 0) is 53.1 Å². The van der Waals surface area contributed by atoms with Gasteiger partial charge in [0.15, 0.2) is 5.76 Å². The van der Waals surface area contributed by atoms with Gasteiger partial charge in [-0.1, -0.05) is 0 Å². The third-order valence-electron chi connectivity index (χ3n) is 1.79. The summed E-state index contributed by atoms with van der Waals surface area (Å²) in [5.74, 6) is 1.15. The van der Waals surface area contributed by atoms with Crippen molar-refractivity contribution >= 4 is 39.7 Å². The normalized spacial score (nSPS) is 10.4. The number of rotatable bonds is 2. The standard InChI is InChI=1S/C10H7IO2S/c1-6-2-3-8(13-6)9(12)10-7(11)4-5-14-10/h2-5H,1H3. The number of carbonyl (C=O) groups is 1. The highest BCUT2D eigenvalue weighted by molar-refractivity contribution is 14.1. The topological polar surface area (TPSA) is 30.2 Å². The first-order valence-corrected chi connectivity index (χ1v) is 5.98. The lowest BCUT2D eigenvalue weighted by Gasteiger charge is -1.93. The zero-order valence-corrected chi connectivity index (χ0v) is 10.4. The molecular weight excluding hydrogens is 311 g/mol. The smallest absolute Gasteiger partial charge is 0.239 e. The Morgan fingerprint density at radius 3 is 2.71 bits per heavy atom. The molecule has 0 saturated carbocycles. The summed E-state index contributed by atoms with van der Waals surface area (Å²) in [4.78, 5) is 12.6. The number of carbonyl (C=O) groups excluding carboxylic acids is 1. The van der Waals surface area contributed by atoms with E-state index in [2.05, 4.69) is 22.6 Å². The molecule has 2 heterocycles. The first-order valence-electron chi connectivity index (χ1n) is 4.02. The zero-order valence-electron chi connectivity index (χ0n) is 7.41. The first-order chi connectivity index (χ1) is 6.68. The predicted octanol–water partition coefficient (Wildman–Crippen LogP) is 3.49. The lowest BCUT2D eigenvalue weighted by Crippen LogP contribution is -1.97. The SMILES string of the molecule is Cc1ccc(C(=O)c2sccc2I)o1. The molecule has 0 aromatic carbocycles. The Hall–Kier alpha value is -0.620. The van der Waals surface area contributed by atoms with Crippen LogP contribution in [0.3, 0.4) is 0 Å². The molecule has 2 rings (SSSR count). The average molecular weight is 318 g/mol. The van der Waals surface area contributed by atoms with Gasteiger partial charge in [0.05, 0.1) is 4.88 Å². The Labute approximate surface area is 99.1 Å². The molecule has 4 heteroatoms. The molecule has 0 fully saturated rings. The third kappa shape index (κ3) is 1.76. The molecule has 72 valence electrons. The largest absolute Gasteiger partial charge is 0.458 e. The summed E-state index contributed by atoms with van der Waals surface area (Å²) in [5, 5.41) is 1.91. The molecule has 0 unspecified atom stereocenters. The number of halogens is 1. The minimum atomic E-state index is -0.0301. The van der Waals surface area contributed by atoms with Gasteiger partial charge in [-0.2, -0.15) is 0 Å². The molecule has 2 aromatic rings. The minimum absolute atomic E-state index is 0.0301. The van der Waals surface area contributed by atoms with Crippen molar-refractivity contribution in [1.29, 1.82) is 0 Å². The fourth-order valence-electron chi connectivity index (χ4n) is 1.12. The van der Waals surface area contributed by atoms with Crippen LogP contribution in [0.1, 0.15) is 21.2 Å². The molecule has 0 bridgehead atoms. The predicted molar refractivity (Wildman–Crippen MR) is 63.9 cm³/mol. The molecule has 0 amide bonds. The van der Waals surface area contributed by atoms with E-state index < -0.39 is 0 Å². The average Bonchev–Trinajstić information content (AvgIpc) is 2.73. The van der Waals surface area contributed by atoms with Gasteiger partial charge in [-0.25, -0.2) is 0 Å². The maximum Gasteiger partial charge on any atom is 0.239 e. The molecule has 0 atom stereocenters. The van der Waals surface area contributed by atoms with Crippen LogP contribution in [0.15, 0.2) is 28.0 Å². The Balaban J connectivity index is 2.38. The Morgan fingerprint density at radius 1 is 1.43 bits per heavy atom. The van der Waals surface area contributed by atoms with E-state index in [9.17, 15) is 4.79 Å². The molecule has 0 spiro atoms. The van der Waals surface area contributed by atoms with Crippen molar-refractivity contribution in [1.82, 2.24) is 0 Å². The van der Waals surface area contributed by atoms with Crippen molar-refractivity contribution in [2.24, 2.45) is 0 Å². The summed E-state index contributed by atoms with van der Waals surface area (Å²) in [6, 6.07) is 5.44. The number of furan rings is 1. The number of hydrogen-bond acceptors (Lipinski definition) is 3. The maximum atomic E-state index is 11.9. The molecule has 0 N–H and O–H groups in total. The summed E-state index contributed by atoms with van der Waals surface area (Å²) < 4.78 is 6.26. The summed E-state index contributed by atoms with van der Waals surface area (Å²) in [5.41, 5.74) is 0. The van der Waals surface area contributed by atoms with Crippen molar-refractivity contribution in [3.05, 3.63) is 43.5 Å². The van der Waals surface area contributed by atoms with Gasteiger partial charge in [0.2, 0.25) is 5.78 Å². The van der Waals surface area contributed by atoms with Gasteiger partial charge in [-0.3, -0.25) is 4.79 Å². The van der Waals surface area contributed by atoms with Gasteiger partial charge in [-0.15, -0.1) is 11.3 Å². The number of ketones is 1. The maximum absolute atomic E-state index is 11.9. The fourth-order valence-corrected chi connectivity index (χ4v) is 2.90. The quantitative estimate of drug-likeness (QED) is 0.627. The van der Waals surface area contributed by atoms with Crippen molar-refractivity contribution in [3.63, 3.8) is 0 Å². The van der Waals surface area contributed by atoms with Crippen LogP contribution in [0.2, 0.25) is 0 Å². The van der Waals surface area contributed by atoms with Crippen molar-refractivity contribution in [2.75, 3.05) is 0 Å². The van der Waals surface area contributed by atoms with E-state index in [0.29, 0.717) is 5.76 Å². The molecule has 0 aliphatic heterocycles. The van der Waals surface area contributed by atoms with E-state index in [4.69, 9.17) is 4.42 Å². The molecule has 0 saturated heterocycles. The monoisotopic (exact) mass is 318 g/mol. The van der Waals surface area contributed by atoms with Crippen LogP contribution in [0.4, 0.5) is 0 Å². The Bertz CT molecular complexity index is 470. The molecular formula is C10H7IO2S. The molecule has 14 heavy (non-hydrogen) atoms. The van der Waals surface area contributed by atoms with E-state index in [0.717, 1.165) is 14.2 Å². The van der Waals surface area contributed by atoms with E-state index in [1.807, 2.05) is 18.4 Å². The highest BCUT2D eigenvalue weighted by Crippen LogP contribution is 2.22. The number of hydrogen-bond donors (Lipinski definition) is 0. The second-order valence-electron chi connectivity index (χ2n) is 2.84. The van der Waals surface area contributed by atoms with E-state index in [1.54, 1.807) is 12.1 Å². The summed E-state index contributed by atoms with van der Waals surface area (Å²) in [6.45, 7) is 1.83.